The maximum Gasteiger partial charge on any atom is 0.356 e. The predicted molar refractivity (Wildman–Crippen MR) is 122 cm³/mol. The summed E-state index contributed by atoms with van der Waals surface area (Å²) in [7, 11) is 0. The van der Waals surface area contributed by atoms with Gasteiger partial charge < -0.3 is 4.74 Å². The van der Waals surface area contributed by atoms with Crippen molar-refractivity contribution in [3.63, 3.8) is 0 Å². The van der Waals surface area contributed by atoms with Crippen molar-refractivity contribution in [1.29, 1.82) is 0 Å². The van der Waals surface area contributed by atoms with Gasteiger partial charge in [-0.05, 0) is 62.1 Å². The van der Waals surface area contributed by atoms with E-state index in [0.29, 0.717) is 12.3 Å². The molecule has 0 unspecified atom stereocenters. The molecular weight excluding hydrogens is 358 g/mol. The number of hydrogen-bond donors (Lipinski definition) is 0. The van der Waals surface area contributed by atoms with E-state index in [9.17, 15) is 4.79 Å². The second kappa shape index (κ2) is 11.1. The number of ether oxygens (including phenoxy) is 1. The van der Waals surface area contributed by atoms with Gasteiger partial charge in [0.1, 0.15) is 5.69 Å². The van der Waals surface area contributed by atoms with E-state index in [1.807, 2.05) is 6.07 Å². The van der Waals surface area contributed by atoms with Gasteiger partial charge in [0.15, 0.2) is 0 Å². The maximum atomic E-state index is 12.1. The van der Waals surface area contributed by atoms with Gasteiger partial charge in [-0.1, -0.05) is 75.5 Å². The first-order chi connectivity index (χ1) is 13.8. The summed E-state index contributed by atoms with van der Waals surface area (Å²) in [6.45, 7) is 11.7. The van der Waals surface area contributed by atoms with Crippen molar-refractivity contribution in [3.8, 4) is 0 Å². The van der Waals surface area contributed by atoms with Crippen LogP contribution >= 0.6 is 0 Å². The van der Waals surface area contributed by atoms with E-state index in [0.717, 1.165) is 18.4 Å². The zero-order valence-electron chi connectivity index (χ0n) is 18.9. The molecule has 0 atom stereocenters. The van der Waals surface area contributed by atoms with Gasteiger partial charge in [-0.3, -0.25) is 0 Å². The van der Waals surface area contributed by atoms with Crippen LogP contribution in [0.3, 0.4) is 0 Å². The van der Waals surface area contributed by atoms with E-state index in [1.165, 1.54) is 48.8 Å². The minimum absolute atomic E-state index is 0.249. The number of carbonyl (C=O) groups is 1. The fourth-order valence-corrected chi connectivity index (χ4v) is 3.92. The molecule has 1 aliphatic carbocycles. The molecule has 0 saturated carbocycles. The number of nitrogens with zero attached hydrogens (tertiary/aromatic N) is 1. The Morgan fingerprint density at radius 3 is 2.69 bits per heavy atom. The molecule has 3 heteroatoms. The second-order valence-corrected chi connectivity index (χ2v) is 8.83. The van der Waals surface area contributed by atoms with Gasteiger partial charge in [0.25, 0.3) is 0 Å². The van der Waals surface area contributed by atoms with Crippen LogP contribution in [-0.4, -0.2) is 17.6 Å². The van der Waals surface area contributed by atoms with Gasteiger partial charge >= 0.3 is 5.97 Å². The molecule has 0 bridgehead atoms. The first-order valence-electron chi connectivity index (χ1n) is 11.0. The van der Waals surface area contributed by atoms with Crippen LogP contribution < -0.4 is 0 Å². The lowest BCUT2D eigenvalue weighted by molar-refractivity contribution is 0.0491. The third kappa shape index (κ3) is 7.30. The highest BCUT2D eigenvalue weighted by Crippen LogP contribution is 2.40. The lowest BCUT2D eigenvalue weighted by atomic mass is 9.72. The molecule has 0 aliphatic heterocycles. The molecule has 3 nitrogen and oxygen atoms in total. The number of carbonyl (C=O) groups excluding carboxylic acids is 1. The Hall–Kier alpha value is -2.16. The standard InChI is InChI=1S/C26H37NO2/c1-6-7-8-9-17-29-25(28)24-15-13-22(19-27-24)18-20(2)12-14-23-21(3)11-10-16-26(23,4)5/h12-15,18-19H,6-11,16-17H2,1-5H3. The minimum Gasteiger partial charge on any atom is -0.461 e. The van der Waals surface area contributed by atoms with Gasteiger partial charge in [-0.2, -0.15) is 0 Å². The maximum absolute atomic E-state index is 12.1. The average molecular weight is 396 g/mol. The van der Waals surface area contributed by atoms with Crippen molar-refractivity contribution in [3.05, 3.63) is 58.5 Å². The molecule has 29 heavy (non-hydrogen) atoms. The van der Waals surface area contributed by atoms with Crippen LogP contribution in [0.4, 0.5) is 0 Å². The highest BCUT2D eigenvalue weighted by Gasteiger charge is 2.26. The zero-order chi connectivity index (χ0) is 21.3. The third-order valence-electron chi connectivity index (χ3n) is 5.68. The van der Waals surface area contributed by atoms with Crippen molar-refractivity contribution in [1.82, 2.24) is 4.98 Å². The van der Waals surface area contributed by atoms with E-state index in [2.05, 4.69) is 57.8 Å². The monoisotopic (exact) mass is 395 g/mol. The van der Waals surface area contributed by atoms with Crippen molar-refractivity contribution in [2.75, 3.05) is 6.61 Å². The van der Waals surface area contributed by atoms with Crippen LogP contribution in [0, 0.1) is 5.41 Å². The van der Waals surface area contributed by atoms with Crippen molar-refractivity contribution >= 4 is 12.0 Å². The molecular formula is C26H37NO2. The van der Waals surface area contributed by atoms with Gasteiger partial charge in [0, 0.05) is 6.20 Å². The summed E-state index contributed by atoms with van der Waals surface area (Å²) < 4.78 is 5.30. The summed E-state index contributed by atoms with van der Waals surface area (Å²) in [5, 5.41) is 0. The normalized spacial score (nSPS) is 17.1. The smallest absolute Gasteiger partial charge is 0.356 e. The van der Waals surface area contributed by atoms with E-state index in [-0.39, 0.29) is 11.4 Å². The number of unbranched alkanes of at least 4 members (excludes halogenated alkanes) is 3. The van der Waals surface area contributed by atoms with Crippen LogP contribution in [0.2, 0.25) is 0 Å². The molecule has 158 valence electrons. The molecule has 1 aliphatic rings. The number of aromatic nitrogens is 1. The number of hydrogen-bond acceptors (Lipinski definition) is 3. The number of rotatable bonds is 9. The number of allylic oxidation sites excluding steroid dienone is 5. The fourth-order valence-electron chi connectivity index (χ4n) is 3.92. The van der Waals surface area contributed by atoms with Gasteiger partial charge in [0.2, 0.25) is 0 Å². The summed E-state index contributed by atoms with van der Waals surface area (Å²) >= 11 is 0. The molecule has 1 heterocycles. The molecule has 0 spiro atoms. The molecule has 0 amide bonds. The molecule has 0 N–H and O–H groups in total. The van der Waals surface area contributed by atoms with Gasteiger partial charge in [-0.25, -0.2) is 9.78 Å². The summed E-state index contributed by atoms with van der Waals surface area (Å²) in [5.74, 6) is -0.337. The minimum atomic E-state index is -0.337. The Balaban J connectivity index is 1.95. The Morgan fingerprint density at radius 1 is 1.24 bits per heavy atom. The lowest BCUT2D eigenvalue weighted by Crippen LogP contribution is -2.19. The van der Waals surface area contributed by atoms with E-state index < -0.39 is 0 Å². The van der Waals surface area contributed by atoms with Crippen molar-refractivity contribution < 1.29 is 9.53 Å². The van der Waals surface area contributed by atoms with Crippen LogP contribution in [0.1, 0.15) is 95.6 Å². The molecule has 0 fully saturated rings. The van der Waals surface area contributed by atoms with Crippen LogP contribution in [-0.2, 0) is 4.74 Å². The Labute approximate surface area is 177 Å². The van der Waals surface area contributed by atoms with Gasteiger partial charge in [-0.15, -0.1) is 0 Å². The molecule has 1 aromatic heterocycles. The Morgan fingerprint density at radius 2 is 2.03 bits per heavy atom. The predicted octanol–water partition coefficient (Wildman–Crippen LogP) is 7.30. The molecule has 0 aromatic carbocycles. The fraction of sp³-hybridized carbons (Fsp3) is 0.538. The Kier molecular flexibility index (Phi) is 8.88. The molecule has 0 saturated heterocycles. The van der Waals surface area contributed by atoms with Crippen LogP contribution in [0.25, 0.3) is 6.08 Å². The highest BCUT2D eigenvalue weighted by molar-refractivity contribution is 5.87. The first kappa shape index (κ1) is 23.1. The molecule has 0 radical (unpaired) electrons. The SMILES string of the molecule is CCCCCCOC(=O)c1ccc(C=C(C)C=CC2=C(C)CCCC2(C)C)cn1. The van der Waals surface area contributed by atoms with Crippen molar-refractivity contribution in [2.45, 2.75) is 79.6 Å². The van der Waals surface area contributed by atoms with E-state index in [4.69, 9.17) is 4.74 Å². The largest absolute Gasteiger partial charge is 0.461 e. The quantitative estimate of drug-likeness (QED) is 0.250. The average Bonchev–Trinajstić information content (AvgIpc) is 2.67. The Bertz CT molecular complexity index is 766. The van der Waals surface area contributed by atoms with Gasteiger partial charge in [0.05, 0.1) is 6.61 Å². The summed E-state index contributed by atoms with van der Waals surface area (Å²) in [5.41, 5.74) is 5.74. The van der Waals surface area contributed by atoms with Crippen molar-refractivity contribution in [2.24, 2.45) is 5.41 Å². The lowest BCUT2D eigenvalue weighted by Gasteiger charge is -2.32. The zero-order valence-corrected chi connectivity index (χ0v) is 18.9. The summed E-state index contributed by atoms with van der Waals surface area (Å²) in [4.78, 5) is 16.3. The summed E-state index contributed by atoms with van der Waals surface area (Å²) in [6.07, 6.45) is 16.4. The molecule has 1 aromatic rings. The third-order valence-corrected chi connectivity index (χ3v) is 5.68. The summed E-state index contributed by atoms with van der Waals surface area (Å²) in [6, 6.07) is 3.67. The van der Waals surface area contributed by atoms with Crippen LogP contribution in [0.15, 0.2) is 47.2 Å². The van der Waals surface area contributed by atoms with E-state index >= 15 is 0 Å². The van der Waals surface area contributed by atoms with Crippen LogP contribution in [0.5, 0.6) is 0 Å². The first-order valence-corrected chi connectivity index (χ1v) is 11.0. The molecule has 2 rings (SSSR count). The topological polar surface area (TPSA) is 39.2 Å². The number of pyridine rings is 1. The highest BCUT2D eigenvalue weighted by atomic mass is 16.5. The second-order valence-electron chi connectivity index (χ2n) is 8.83. The number of esters is 1. The van der Waals surface area contributed by atoms with E-state index in [1.54, 1.807) is 12.3 Å².